The molecule has 0 bridgehead atoms. The number of amidine groups is 1. The van der Waals surface area contributed by atoms with Crippen molar-refractivity contribution in [1.29, 1.82) is 0 Å². The van der Waals surface area contributed by atoms with Crippen molar-refractivity contribution in [3.05, 3.63) is 58.6 Å². The first-order chi connectivity index (χ1) is 14.0. The van der Waals surface area contributed by atoms with Crippen LogP contribution in [0.3, 0.4) is 0 Å². The van der Waals surface area contributed by atoms with E-state index in [1.54, 1.807) is 23.1 Å². The highest BCUT2D eigenvalue weighted by Gasteiger charge is 2.40. The van der Waals surface area contributed by atoms with Crippen LogP contribution < -0.4 is 0 Å². The number of thioether (sulfide) groups is 1. The highest BCUT2D eigenvalue weighted by molar-refractivity contribution is 8.14. The molecule has 2 aromatic heterocycles. The predicted octanol–water partition coefficient (Wildman–Crippen LogP) is 4.64. The Morgan fingerprint density at radius 1 is 1.28 bits per heavy atom. The number of aryl methyl sites for hydroxylation is 1. The monoisotopic (exact) mass is 426 g/mol. The third-order valence-corrected chi connectivity index (χ3v) is 6.74. The van der Waals surface area contributed by atoms with Crippen LogP contribution in [-0.4, -0.2) is 37.4 Å². The molecule has 0 radical (unpaired) electrons. The SMILES string of the molecule is CC1(C)CSC(=NCc2ccccc2)N1C(=O)CCc1nc(-c2ccsc2)no1. The van der Waals surface area contributed by atoms with Gasteiger partial charge in [-0.25, -0.2) is 0 Å². The lowest BCUT2D eigenvalue weighted by Gasteiger charge is -2.30. The Morgan fingerprint density at radius 2 is 2.10 bits per heavy atom. The van der Waals surface area contributed by atoms with Crippen molar-refractivity contribution in [3.63, 3.8) is 0 Å². The van der Waals surface area contributed by atoms with Crippen molar-refractivity contribution in [2.24, 2.45) is 4.99 Å². The summed E-state index contributed by atoms with van der Waals surface area (Å²) in [6, 6.07) is 12.0. The Morgan fingerprint density at radius 3 is 2.86 bits per heavy atom. The molecule has 0 saturated carbocycles. The highest BCUT2D eigenvalue weighted by Crippen LogP contribution is 2.33. The second-order valence-electron chi connectivity index (χ2n) is 7.44. The number of carbonyl (C=O) groups excluding carboxylic acids is 1. The van der Waals surface area contributed by atoms with E-state index in [0.717, 1.165) is 22.0 Å². The van der Waals surface area contributed by atoms with E-state index in [9.17, 15) is 4.79 Å². The number of aliphatic imine (C=N–C) groups is 1. The smallest absolute Gasteiger partial charge is 0.229 e. The van der Waals surface area contributed by atoms with Crippen LogP contribution in [-0.2, 0) is 17.8 Å². The molecule has 29 heavy (non-hydrogen) atoms. The number of hydrogen-bond donors (Lipinski definition) is 0. The molecule has 1 aromatic carbocycles. The van der Waals surface area contributed by atoms with Gasteiger partial charge in [-0.3, -0.25) is 14.7 Å². The molecule has 3 aromatic rings. The Kier molecular flexibility index (Phi) is 5.82. The van der Waals surface area contributed by atoms with E-state index in [-0.39, 0.29) is 11.4 Å². The molecular formula is C21H22N4O2S2. The van der Waals surface area contributed by atoms with Gasteiger partial charge in [-0.15, -0.1) is 0 Å². The molecule has 3 heterocycles. The normalized spacial score (nSPS) is 17.2. The summed E-state index contributed by atoms with van der Waals surface area (Å²) in [6.07, 6.45) is 0.721. The van der Waals surface area contributed by atoms with Crippen molar-refractivity contribution in [2.75, 3.05) is 5.75 Å². The van der Waals surface area contributed by atoms with Gasteiger partial charge in [0.1, 0.15) is 0 Å². The average Bonchev–Trinajstić information content (AvgIpc) is 3.45. The predicted molar refractivity (Wildman–Crippen MR) is 117 cm³/mol. The fraction of sp³-hybridized carbons (Fsp3) is 0.333. The van der Waals surface area contributed by atoms with Crippen LogP contribution in [0.2, 0.25) is 0 Å². The summed E-state index contributed by atoms with van der Waals surface area (Å²) in [4.78, 5) is 24.0. The zero-order valence-electron chi connectivity index (χ0n) is 16.4. The third kappa shape index (κ3) is 4.59. The molecule has 1 amide bonds. The molecule has 6 nitrogen and oxygen atoms in total. The number of rotatable bonds is 6. The maximum atomic E-state index is 13.0. The van der Waals surface area contributed by atoms with Gasteiger partial charge in [0.2, 0.25) is 17.6 Å². The second-order valence-corrected chi connectivity index (χ2v) is 9.16. The Labute approximate surface area is 178 Å². The van der Waals surface area contributed by atoms with Crippen LogP contribution >= 0.6 is 23.1 Å². The number of amides is 1. The minimum Gasteiger partial charge on any atom is -0.339 e. The zero-order valence-corrected chi connectivity index (χ0v) is 18.0. The molecule has 8 heteroatoms. The second kappa shape index (κ2) is 8.51. The number of thiophene rings is 1. The molecule has 1 aliphatic rings. The van der Waals surface area contributed by atoms with E-state index in [2.05, 4.69) is 24.0 Å². The van der Waals surface area contributed by atoms with Gasteiger partial charge >= 0.3 is 0 Å². The van der Waals surface area contributed by atoms with Gasteiger partial charge in [-0.2, -0.15) is 16.3 Å². The molecule has 1 saturated heterocycles. The molecule has 0 atom stereocenters. The topological polar surface area (TPSA) is 71.6 Å². The molecule has 0 aliphatic carbocycles. The van der Waals surface area contributed by atoms with Crippen molar-refractivity contribution < 1.29 is 9.32 Å². The van der Waals surface area contributed by atoms with E-state index in [1.165, 1.54) is 0 Å². The summed E-state index contributed by atoms with van der Waals surface area (Å²) in [5.74, 6) is 1.90. The molecule has 1 aliphatic heterocycles. The number of benzene rings is 1. The third-order valence-electron chi connectivity index (χ3n) is 4.64. The lowest BCUT2D eigenvalue weighted by Crippen LogP contribution is -2.46. The van der Waals surface area contributed by atoms with Crippen molar-refractivity contribution in [1.82, 2.24) is 15.0 Å². The Bertz CT molecular complexity index is 997. The summed E-state index contributed by atoms with van der Waals surface area (Å²) in [5, 5.41) is 8.74. The van der Waals surface area contributed by atoms with Gasteiger partial charge in [0.25, 0.3) is 0 Å². The minimum atomic E-state index is -0.270. The number of nitrogens with zero attached hydrogens (tertiary/aromatic N) is 4. The first-order valence-electron chi connectivity index (χ1n) is 9.42. The molecule has 0 unspecified atom stereocenters. The molecule has 4 rings (SSSR count). The standard InChI is InChI=1S/C21H22N4O2S2/c1-21(2)14-29-20(22-12-15-6-4-3-5-7-15)25(21)18(26)9-8-17-23-19(24-27-17)16-10-11-28-13-16/h3-7,10-11,13H,8-9,12,14H2,1-2H3. The van der Waals surface area contributed by atoms with Crippen LogP contribution in [0.1, 0.15) is 31.7 Å². The summed E-state index contributed by atoms with van der Waals surface area (Å²) in [7, 11) is 0. The van der Waals surface area contributed by atoms with Crippen LogP contribution in [0.5, 0.6) is 0 Å². The number of hydrogen-bond acceptors (Lipinski definition) is 7. The summed E-state index contributed by atoms with van der Waals surface area (Å²) in [5.41, 5.74) is 1.79. The highest BCUT2D eigenvalue weighted by atomic mass is 32.2. The summed E-state index contributed by atoms with van der Waals surface area (Å²) < 4.78 is 5.32. The lowest BCUT2D eigenvalue weighted by atomic mass is 10.1. The first kappa shape index (κ1) is 19.8. The summed E-state index contributed by atoms with van der Waals surface area (Å²) in [6.45, 7) is 4.71. The van der Waals surface area contributed by atoms with Gasteiger partial charge in [0.15, 0.2) is 5.17 Å². The van der Waals surface area contributed by atoms with E-state index in [4.69, 9.17) is 9.52 Å². The van der Waals surface area contributed by atoms with E-state index < -0.39 is 0 Å². The number of aromatic nitrogens is 2. The van der Waals surface area contributed by atoms with E-state index in [1.807, 2.05) is 52.1 Å². The average molecular weight is 427 g/mol. The molecular weight excluding hydrogens is 404 g/mol. The van der Waals surface area contributed by atoms with Crippen molar-refractivity contribution >= 4 is 34.2 Å². The molecule has 0 N–H and O–H groups in total. The quantitative estimate of drug-likeness (QED) is 0.574. The zero-order chi connectivity index (χ0) is 20.3. The first-order valence-corrected chi connectivity index (χ1v) is 11.4. The maximum Gasteiger partial charge on any atom is 0.229 e. The largest absolute Gasteiger partial charge is 0.339 e. The molecule has 1 fully saturated rings. The number of carbonyl (C=O) groups is 1. The van der Waals surface area contributed by atoms with E-state index >= 15 is 0 Å². The Hall–Kier alpha value is -2.45. The molecule has 0 spiro atoms. The van der Waals surface area contributed by atoms with Crippen LogP contribution in [0, 0.1) is 0 Å². The minimum absolute atomic E-state index is 0.0297. The van der Waals surface area contributed by atoms with Crippen molar-refractivity contribution in [2.45, 2.75) is 38.8 Å². The fourth-order valence-corrected chi connectivity index (χ4v) is 5.00. The van der Waals surface area contributed by atoms with Crippen LogP contribution in [0.15, 0.2) is 56.7 Å². The van der Waals surface area contributed by atoms with Gasteiger partial charge < -0.3 is 4.52 Å². The van der Waals surface area contributed by atoms with Gasteiger partial charge in [-0.05, 0) is 30.9 Å². The molecule has 150 valence electrons. The Balaban J connectivity index is 1.42. The van der Waals surface area contributed by atoms with Gasteiger partial charge in [-0.1, -0.05) is 47.3 Å². The van der Waals surface area contributed by atoms with Crippen LogP contribution in [0.4, 0.5) is 0 Å². The fourth-order valence-electron chi connectivity index (χ4n) is 3.12. The van der Waals surface area contributed by atoms with E-state index in [0.29, 0.717) is 31.1 Å². The van der Waals surface area contributed by atoms with Gasteiger partial charge in [0, 0.05) is 29.5 Å². The van der Waals surface area contributed by atoms with Gasteiger partial charge in [0.05, 0.1) is 12.1 Å². The van der Waals surface area contributed by atoms with Crippen molar-refractivity contribution in [3.8, 4) is 11.4 Å². The maximum absolute atomic E-state index is 13.0. The summed E-state index contributed by atoms with van der Waals surface area (Å²) >= 11 is 3.22. The van der Waals surface area contributed by atoms with Crippen LogP contribution in [0.25, 0.3) is 11.4 Å². The lowest BCUT2D eigenvalue weighted by molar-refractivity contribution is -0.130.